The van der Waals surface area contributed by atoms with E-state index < -0.39 is 17.5 Å². The largest absolute Gasteiger partial charge is 0.345 e. The van der Waals surface area contributed by atoms with Crippen molar-refractivity contribution >= 4 is 29.3 Å². The molecule has 0 spiro atoms. The van der Waals surface area contributed by atoms with Gasteiger partial charge < -0.3 is 9.88 Å². The molecular weight excluding hydrogens is 378 g/mol. The van der Waals surface area contributed by atoms with Crippen LogP contribution in [0.4, 0.5) is 4.79 Å². The molecule has 1 saturated carbocycles. The number of carbonyl (C=O) groups excluding carboxylic acids is 3. The number of rotatable bonds is 5. The van der Waals surface area contributed by atoms with Crippen LogP contribution in [0.15, 0.2) is 30.3 Å². The van der Waals surface area contributed by atoms with Crippen molar-refractivity contribution in [2.24, 2.45) is 0 Å². The number of benzene rings is 1. The Bertz CT molecular complexity index is 991. The second kappa shape index (κ2) is 6.48. The maximum absolute atomic E-state index is 13.0. The quantitative estimate of drug-likeness (QED) is 0.615. The van der Waals surface area contributed by atoms with Crippen molar-refractivity contribution in [3.8, 4) is 0 Å². The molecule has 3 amide bonds. The van der Waals surface area contributed by atoms with Gasteiger partial charge in [0, 0.05) is 28.0 Å². The van der Waals surface area contributed by atoms with Gasteiger partial charge in [0.15, 0.2) is 5.78 Å². The van der Waals surface area contributed by atoms with Crippen molar-refractivity contribution in [2.75, 3.05) is 6.54 Å². The molecule has 2 fully saturated rings. The molecule has 1 aliphatic heterocycles. The summed E-state index contributed by atoms with van der Waals surface area (Å²) in [6.07, 6.45) is 2.24. The topological polar surface area (TPSA) is 71.4 Å². The van der Waals surface area contributed by atoms with E-state index in [2.05, 4.69) is 9.88 Å². The van der Waals surface area contributed by atoms with E-state index in [1.807, 2.05) is 19.9 Å². The molecule has 1 aliphatic carbocycles. The lowest BCUT2D eigenvalue weighted by molar-refractivity contribution is -0.130. The Balaban J connectivity index is 1.58. The molecule has 6 nitrogen and oxygen atoms in total. The summed E-state index contributed by atoms with van der Waals surface area (Å²) in [6, 6.07) is 8.50. The van der Waals surface area contributed by atoms with Crippen LogP contribution in [0, 0.1) is 13.8 Å². The molecule has 1 N–H and O–H groups in total. The molecule has 0 radical (unpaired) electrons. The van der Waals surface area contributed by atoms with Crippen molar-refractivity contribution in [1.82, 2.24) is 14.8 Å². The Morgan fingerprint density at radius 2 is 1.86 bits per heavy atom. The van der Waals surface area contributed by atoms with Crippen LogP contribution in [0.25, 0.3) is 0 Å². The molecule has 1 unspecified atom stereocenters. The molecule has 1 atom stereocenters. The molecule has 7 heteroatoms. The van der Waals surface area contributed by atoms with Crippen LogP contribution < -0.4 is 5.32 Å². The van der Waals surface area contributed by atoms with Crippen LogP contribution in [0.3, 0.4) is 0 Å². The Kier molecular flexibility index (Phi) is 4.34. The highest BCUT2D eigenvalue weighted by Gasteiger charge is 2.49. The molecule has 1 saturated heterocycles. The fourth-order valence-corrected chi connectivity index (χ4v) is 4.13. The predicted octanol–water partition coefficient (Wildman–Crippen LogP) is 3.74. The van der Waals surface area contributed by atoms with E-state index in [4.69, 9.17) is 11.6 Å². The molecule has 0 bridgehead atoms. The lowest BCUT2D eigenvalue weighted by atomic mass is 9.92. The first-order valence-electron chi connectivity index (χ1n) is 9.34. The van der Waals surface area contributed by atoms with Gasteiger partial charge in [-0.2, -0.15) is 0 Å². The molecule has 2 aliphatic rings. The number of aryl methyl sites for hydroxylation is 1. The van der Waals surface area contributed by atoms with Gasteiger partial charge in [0.1, 0.15) is 5.54 Å². The van der Waals surface area contributed by atoms with E-state index in [9.17, 15) is 14.4 Å². The lowest BCUT2D eigenvalue weighted by Gasteiger charge is -2.22. The third-order valence-electron chi connectivity index (χ3n) is 5.70. The number of carbonyl (C=O) groups is 3. The molecule has 1 aromatic carbocycles. The van der Waals surface area contributed by atoms with E-state index in [0.29, 0.717) is 22.2 Å². The maximum atomic E-state index is 13.0. The van der Waals surface area contributed by atoms with E-state index in [-0.39, 0.29) is 12.3 Å². The molecule has 2 heterocycles. The van der Waals surface area contributed by atoms with Crippen molar-refractivity contribution in [3.05, 3.63) is 57.9 Å². The summed E-state index contributed by atoms with van der Waals surface area (Å²) in [5, 5.41) is 3.26. The number of halogens is 1. The fraction of sp³-hybridized carbons (Fsp3) is 0.381. The zero-order valence-corrected chi connectivity index (χ0v) is 16.8. The monoisotopic (exact) mass is 399 g/mol. The summed E-state index contributed by atoms with van der Waals surface area (Å²) in [7, 11) is 0. The Hall–Kier alpha value is -2.60. The number of aromatic nitrogens is 1. The number of Topliss-reactive ketones (excluding diaryl/α,β-unsaturated/α-hetero) is 1. The highest BCUT2D eigenvalue weighted by molar-refractivity contribution is 6.30. The number of imide groups is 1. The van der Waals surface area contributed by atoms with Crippen LogP contribution in [-0.4, -0.2) is 33.7 Å². The highest BCUT2D eigenvalue weighted by atomic mass is 35.5. The van der Waals surface area contributed by atoms with E-state index in [1.165, 1.54) is 0 Å². The third kappa shape index (κ3) is 2.92. The second-order valence-corrected chi connectivity index (χ2v) is 8.20. The van der Waals surface area contributed by atoms with Crippen LogP contribution in [-0.2, 0) is 10.3 Å². The van der Waals surface area contributed by atoms with Gasteiger partial charge >= 0.3 is 6.03 Å². The predicted molar refractivity (Wildman–Crippen MR) is 106 cm³/mol. The van der Waals surface area contributed by atoms with E-state index in [1.54, 1.807) is 31.2 Å². The highest BCUT2D eigenvalue weighted by Crippen LogP contribution is 2.38. The average molecular weight is 400 g/mol. The van der Waals surface area contributed by atoms with Crippen molar-refractivity contribution < 1.29 is 14.4 Å². The fourth-order valence-electron chi connectivity index (χ4n) is 4.00. The van der Waals surface area contributed by atoms with Gasteiger partial charge in [0.2, 0.25) is 0 Å². The average Bonchev–Trinajstić information content (AvgIpc) is 3.39. The molecule has 4 rings (SSSR count). The number of nitrogens with zero attached hydrogens (tertiary/aromatic N) is 2. The van der Waals surface area contributed by atoms with Gasteiger partial charge in [0.05, 0.1) is 6.54 Å². The van der Waals surface area contributed by atoms with Gasteiger partial charge in [0.25, 0.3) is 5.91 Å². The standard InChI is InChI=1S/C21H22ClN3O3/c1-12-10-17(13(2)25(12)16-8-9-16)18(26)11-24-19(27)21(3,23-20(24)28)14-4-6-15(22)7-5-14/h4-7,10,16H,8-9,11H2,1-3H3,(H,23,28). The first kappa shape index (κ1) is 18.7. The third-order valence-corrected chi connectivity index (χ3v) is 5.95. The van der Waals surface area contributed by atoms with Crippen LogP contribution >= 0.6 is 11.6 Å². The minimum atomic E-state index is -1.22. The van der Waals surface area contributed by atoms with Crippen LogP contribution in [0.2, 0.25) is 5.02 Å². The number of nitrogens with one attached hydrogen (secondary N) is 1. The van der Waals surface area contributed by atoms with Gasteiger partial charge in [-0.3, -0.25) is 14.5 Å². The number of hydrogen-bond acceptors (Lipinski definition) is 3. The van der Waals surface area contributed by atoms with Crippen LogP contribution in [0.1, 0.15) is 53.1 Å². The van der Waals surface area contributed by atoms with E-state index in [0.717, 1.165) is 29.1 Å². The smallest absolute Gasteiger partial charge is 0.325 e. The Morgan fingerprint density at radius 3 is 2.46 bits per heavy atom. The van der Waals surface area contributed by atoms with Crippen LogP contribution in [0.5, 0.6) is 0 Å². The zero-order chi connectivity index (χ0) is 20.2. The minimum absolute atomic E-state index is 0.233. The summed E-state index contributed by atoms with van der Waals surface area (Å²) in [4.78, 5) is 39.4. The van der Waals surface area contributed by atoms with Gasteiger partial charge in [-0.1, -0.05) is 23.7 Å². The van der Waals surface area contributed by atoms with Crippen molar-refractivity contribution in [2.45, 2.75) is 45.2 Å². The lowest BCUT2D eigenvalue weighted by Crippen LogP contribution is -2.41. The molecule has 1 aromatic heterocycles. The normalized spacial score (nSPS) is 21.9. The van der Waals surface area contributed by atoms with Gasteiger partial charge in [-0.25, -0.2) is 4.79 Å². The summed E-state index contributed by atoms with van der Waals surface area (Å²) in [6.45, 7) is 5.26. The van der Waals surface area contributed by atoms with Crippen molar-refractivity contribution in [1.29, 1.82) is 0 Å². The molecule has 2 aromatic rings. The summed E-state index contributed by atoms with van der Waals surface area (Å²) >= 11 is 5.92. The first-order chi connectivity index (χ1) is 13.2. The zero-order valence-electron chi connectivity index (χ0n) is 16.1. The minimum Gasteiger partial charge on any atom is -0.345 e. The SMILES string of the molecule is Cc1cc(C(=O)CN2C(=O)NC(C)(c3ccc(Cl)cc3)C2=O)c(C)n1C1CC1. The number of hydrogen-bond donors (Lipinski definition) is 1. The van der Waals surface area contributed by atoms with Gasteiger partial charge in [-0.05, 0) is 57.4 Å². The Labute approximate surface area is 168 Å². The van der Waals surface area contributed by atoms with E-state index >= 15 is 0 Å². The number of urea groups is 1. The molecule has 28 heavy (non-hydrogen) atoms. The number of ketones is 1. The summed E-state index contributed by atoms with van der Waals surface area (Å²) in [5.74, 6) is -0.673. The molecular formula is C21H22ClN3O3. The van der Waals surface area contributed by atoms with Crippen molar-refractivity contribution in [3.63, 3.8) is 0 Å². The van der Waals surface area contributed by atoms with Gasteiger partial charge in [-0.15, -0.1) is 0 Å². The Morgan fingerprint density at radius 1 is 1.21 bits per heavy atom. The second-order valence-electron chi connectivity index (χ2n) is 7.76. The first-order valence-corrected chi connectivity index (χ1v) is 9.72. The number of amides is 3. The summed E-state index contributed by atoms with van der Waals surface area (Å²) < 4.78 is 2.18. The molecule has 146 valence electrons. The summed E-state index contributed by atoms with van der Waals surface area (Å²) in [5.41, 5.74) is 1.92. The maximum Gasteiger partial charge on any atom is 0.325 e.